The maximum Gasteiger partial charge on any atom is 0.341 e. The van der Waals surface area contributed by atoms with E-state index in [1.165, 1.54) is 11.3 Å². The number of nitrogens with two attached hydrogens (primary N) is 1. The van der Waals surface area contributed by atoms with Crippen LogP contribution in [0.15, 0.2) is 59.0 Å². The van der Waals surface area contributed by atoms with Gasteiger partial charge in [0.2, 0.25) is 0 Å². The molecule has 190 valence electrons. The molecule has 0 spiro atoms. The molecular weight excluding hydrogens is 551 g/mol. The molecular formula is C27H22Cl2N2O4S2. The van der Waals surface area contributed by atoms with Crippen LogP contribution in [0, 0.1) is 5.41 Å². The van der Waals surface area contributed by atoms with Gasteiger partial charge in [0, 0.05) is 42.1 Å². The smallest absolute Gasteiger partial charge is 0.341 e. The van der Waals surface area contributed by atoms with E-state index in [0.717, 1.165) is 11.8 Å². The maximum absolute atomic E-state index is 12.9. The lowest BCUT2D eigenvalue weighted by atomic mass is 9.97. The first-order chi connectivity index (χ1) is 17.8. The van der Waals surface area contributed by atoms with Gasteiger partial charge in [0.1, 0.15) is 21.2 Å². The number of anilines is 1. The maximum atomic E-state index is 12.9. The van der Waals surface area contributed by atoms with E-state index in [1.54, 1.807) is 62.4 Å². The van der Waals surface area contributed by atoms with Gasteiger partial charge < -0.3 is 15.2 Å². The molecule has 2 aromatic carbocycles. The fourth-order valence-electron chi connectivity index (χ4n) is 3.90. The van der Waals surface area contributed by atoms with Gasteiger partial charge in [-0.1, -0.05) is 71.4 Å². The molecule has 0 aliphatic carbocycles. The third kappa shape index (κ3) is 5.33. The third-order valence-electron chi connectivity index (χ3n) is 5.41. The zero-order valence-electron chi connectivity index (χ0n) is 19.9. The number of hydrogen-bond acceptors (Lipinski definition) is 8. The molecule has 0 amide bonds. The Morgan fingerprint density at radius 1 is 0.946 bits per heavy atom. The van der Waals surface area contributed by atoms with E-state index in [1.807, 2.05) is 6.07 Å². The van der Waals surface area contributed by atoms with Crippen molar-refractivity contribution >= 4 is 79.9 Å². The molecule has 1 aliphatic rings. The van der Waals surface area contributed by atoms with Crippen molar-refractivity contribution in [2.24, 2.45) is 0 Å². The average Bonchev–Trinajstić information content (AvgIpc) is 3.35. The van der Waals surface area contributed by atoms with Crippen LogP contribution in [0.25, 0.3) is 22.8 Å². The Bertz CT molecular complexity index is 1480. The summed E-state index contributed by atoms with van der Waals surface area (Å²) in [4.78, 5) is 27.0. The fourth-order valence-corrected chi connectivity index (χ4v) is 6.45. The molecule has 2 heterocycles. The van der Waals surface area contributed by atoms with E-state index in [4.69, 9.17) is 43.8 Å². The predicted octanol–water partition coefficient (Wildman–Crippen LogP) is 7.56. The van der Waals surface area contributed by atoms with Crippen LogP contribution in [-0.2, 0) is 14.3 Å². The molecule has 10 heteroatoms. The molecule has 1 aliphatic heterocycles. The standard InChI is InChI=1S/C27H22Cl2N2O4S2/c1-3-34-26(32)22-20(14-9-5-7-11-16(14)28)18(36-24(22)30)13-19-21(15-10-6-8-12-17(15)29)23(25(31)37-19)27(33)35-4-2/h5-13,30H,3-4,31H2,1-2H3. The van der Waals surface area contributed by atoms with Crippen LogP contribution in [0.5, 0.6) is 0 Å². The van der Waals surface area contributed by atoms with E-state index in [-0.39, 0.29) is 34.4 Å². The average molecular weight is 574 g/mol. The van der Waals surface area contributed by atoms with Gasteiger partial charge in [-0.3, -0.25) is 5.41 Å². The molecule has 6 nitrogen and oxygen atoms in total. The molecule has 3 aromatic rings. The predicted molar refractivity (Wildman–Crippen MR) is 153 cm³/mol. The lowest BCUT2D eigenvalue weighted by Gasteiger charge is -2.11. The van der Waals surface area contributed by atoms with Gasteiger partial charge >= 0.3 is 11.9 Å². The zero-order valence-corrected chi connectivity index (χ0v) is 23.0. The monoisotopic (exact) mass is 572 g/mol. The summed E-state index contributed by atoms with van der Waals surface area (Å²) < 4.78 is 10.5. The highest BCUT2D eigenvalue weighted by Crippen LogP contribution is 2.49. The van der Waals surface area contributed by atoms with E-state index < -0.39 is 11.9 Å². The van der Waals surface area contributed by atoms with Crippen molar-refractivity contribution in [1.29, 1.82) is 5.41 Å². The Balaban J connectivity index is 2.00. The van der Waals surface area contributed by atoms with Gasteiger partial charge in [-0.15, -0.1) is 11.3 Å². The summed E-state index contributed by atoms with van der Waals surface area (Å²) in [5.41, 5.74) is 8.88. The lowest BCUT2D eigenvalue weighted by Crippen LogP contribution is -2.12. The summed E-state index contributed by atoms with van der Waals surface area (Å²) in [6.45, 7) is 3.77. The van der Waals surface area contributed by atoms with E-state index in [2.05, 4.69) is 0 Å². The van der Waals surface area contributed by atoms with Crippen molar-refractivity contribution in [2.45, 2.75) is 13.8 Å². The quantitative estimate of drug-likeness (QED) is 0.283. The molecule has 37 heavy (non-hydrogen) atoms. The number of nitrogen functional groups attached to an aromatic ring is 1. The molecule has 0 atom stereocenters. The number of thioether (sulfide) groups is 1. The SMILES string of the molecule is CCOC(=O)C1=C(c2ccccc2Cl)C(=Cc2sc(N)c(C(=O)OCC)c2-c2ccccc2Cl)SC1=N. The van der Waals surface area contributed by atoms with Gasteiger partial charge in [0.15, 0.2) is 0 Å². The van der Waals surface area contributed by atoms with Gasteiger partial charge in [-0.2, -0.15) is 0 Å². The number of rotatable bonds is 7. The number of hydrogen-bond donors (Lipinski definition) is 2. The van der Waals surface area contributed by atoms with Crippen LogP contribution >= 0.6 is 46.3 Å². The van der Waals surface area contributed by atoms with Gasteiger partial charge in [-0.25, -0.2) is 9.59 Å². The lowest BCUT2D eigenvalue weighted by molar-refractivity contribution is -0.137. The van der Waals surface area contributed by atoms with Crippen LogP contribution < -0.4 is 5.73 Å². The van der Waals surface area contributed by atoms with Crippen molar-refractivity contribution < 1.29 is 19.1 Å². The molecule has 0 bridgehead atoms. The Hall–Kier alpha value is -3.04. The third-order valence-corrected chi connectivity index (χ3v) is 7.98. The topological polar surface area (TPSA) is 102 Å². The highest BCUT2D eigenvalue weighted by molar-refractivity contribution is 8.18. The second-order valence-electron chi connectivity index (χ2n) is 7.67. The van der Waals surface area contributed by atoms with Gasteiger partial charge in [0.05, 0.1) is 13.2 Å². The largest absolute Gasteiger partial charge is 0.462 e. The zero-order chi connectivity index (χ0) is 26.7. The van der Waals surface area contributed by atoms with Crippen LogP contribution in [0.2, 0.25) is 10.0 Å². The first-order valence-corrected chi connectivity index (χ1v) is 13.7. The summed E-state index contributed by atoms with van der Waals surface area (Å²) in [7, 11) is 0. The normalized spacial score (nSPS) is 14.4. The summed E-state index contributed by atoms with van der Waals surface area (Å²) >= 11 is 15.4. The van der Waals surface area contributed by atoms with Crippen molar-refractivity contribution in [2.75, 3.05) is 18.9 Å². The van der Waals surface area contributed by atoms with Crippen molar-refractivity contribution in [3.05, 3.63) is 85.1 Å². The Morgan fingerprint density at radius 2 is 1.51 bits per heavy atom. The van der Waals surface area contributed by atoms with Crippen LogP contribution in [0.3, 0.4) is 0 Å². The van der Waals surface area contributed by atoms with Gasteiger partial charge in [-0.05, 0) is 32.1 Å². The summed E-state index contributed by atoms with van der Waals surface area (Å²) in [5.74, 6) is -1.17. The molecule has 0 fully saturated rings. The second-order valence-corrected chi connectivity index (χ2v) is 10.6. The van der Waals surface area contributed by atoms with E-state index in [0.29, 0.717) is 42.1 Å². The summed E-state index contributed by atoms with van der Waals surface area (Å²) in [5, 5.41) is 9.75. The number of allylic oxidation sites excluding steroid dienone is 1. The minimum atomic E-state index is -0.609. The number of thiophene rings is 1. The molecule has 4 rings (SSSR count). The van der Waals surface area contributed by atoms with Crippen LogP contribution in [-0.4, -0.2) is 30.2 Å². The summed E-state index contributed by atoms with van der Waals surface area (Å²) in [6, 6.07) is 14.2. The fraction of sp³-hybridized carbons (Fsp3) is 0.148. The molecule has 3 N–H and O–H groups in total. The molecule has 0 saturated carbocycles. The number of ether oxygens (including phenoxy) is 2. The van der Waals surface area contributed by atoms with Gasteiger partial charge in [0.25, 0.3) is 0 Å². The number of carbonyl (C=O) groups is 2. The summed E-state index contributed by atoms with van der Waals surface area (Å²) in [6.07, 6.45) is 1.80. The van der Waals surface area contributed by atoms with Crippen molar-refractivity contribution in [1.82, 2.24) is 0 Å². The highest BCUT2D eigenvalue weighted by Gasteiger charge is 2.34. The minimum absolute atomic E-state index is 0.0362. The number of carbonyl (C=O) groups excluding carboxylic acids is 2. The number of benzene rings is 2. The van der Waals surface area contributed by atoms with Crippen LogP contribution in [0.4, 0.5) is 5.00 Å². The first kappa shape index (κ1) is 27.0. The molecule has 0 saturated heterocycles. The number of nitrogens with one attached hydrogen (secondary N) is 1. The highest BCUT2D eigenvalue weighted by atomic mass is 35.5. The second kappa shape index (κ2) is 11.6. The molecule has 0 unspecified atom stereocenters. The number of esters is 2. The Labute approximate surface area is 232 Å². The van der Waals surface area contributed by atoms with E-state index in [9.17, 15) is 9.59 Å². The minimum Gasteiger partial charge on any atom is -0.462 e. The van der Waals surface area contributed by atoms with Crippen molar-refractivity contribution in [3.63, 3.8) is 0 Å². The van der Waals surface area contributed by atoms with Crippen molar-refractivity contribution in [3.8, 4) is 11.1 Å². The number of halogens is 2. The first-order valence-electron chi connectivity index (χ1n) is 11.3. The Morgan fingerprint density at radius 3 is 2.11 bits per heavy atom. The molecule has 1 aromatic heterocycles. The molecule has 0 radical (unpaired) electrons. The van der Waals surface area contributed by atoms with E-state index >= 15 is 0 Å². The van der Waals surface area contributed by atoms with Crippen LogP contribution in [0.1, 0.15) is 34.6 Å². The Kier molecular flexibility index (Phi) is 8.44.